The number of aryl methyl sites for hydroxylation is 1. The van der Waals surface area contributed by atoms with E-state index in [0.29, 0.717) is 6.54 Å². The van der Waals surface area contributed by atoms with Crippen LogP contribution in [0, 0.1) is 18.8 Å². The Labute approximate surface area is 78.7 Å². The molecule has 13 heavy (non-hydrogen) atoms. The molecule has 68 valence electrons. The van der Waals surface area contributed by atoms with Crippen molar-refractivity contribution in [1.82, 2.24) is 0 Å². The summed E-state index contributed by atoms with van der Waals surface area (Å²) in [4.78, 5) is 0. The van der Waals surface area contributed by atoms with Crippen molar-refractivity contribution in [2.24, 2.45) is 5.73 Å². The molecule has 0 heterocycles. The van der Waals surface area contributed by atoms with E-state index in [1.165, 1.54) is 0 Å². The summed E-state index contributed by atoms with van der Waals surface area (Å²) in [5.41, 5.74) is 7.34. The Kier molecular flexibility index (Phi) is 3.36. The van der Waals surface area contributed by atoms with E-state index < -0.39 is 0 Å². The highest BCUT2D eigenvalue weighted by Gasteiger charge is 1.96. The van der Waals surface area contributed by atoms with E-state index in [9.17, 15) is 0 Å². The Morgan fingerprint density at radius 1 is 1.46 bits per heavy atom. The fourth-order valence-electron chi connectivity index (χ4n) is 1.11. The predicted molar refractivity (Wildman–Crippen MR) is 53.7 cm³/mol. The van der Waals surface area contributed by atoms with Gasteiger partial charge in [0.2, 0.25) is 0 Å². The van der Waals surface area contributed by atoms with Gasteiger partial charge in [-0.05, 0) is 30.7 Å². The van der Waals surface area contributed by atoms with Crippen LogP contribution in [0.5, 0.6) is 5.75 Å². The van der Waals surface area contributed by atoms with Crippen LogP contribution in [-0.4, -0.2) is 13.7 Å². The summed E-state index contributed by atoms with van der Waals surface area (Å²) in [6, 6.07) is 5.83. The first-order valence-electron chi connectivity index (χ1n) is 4.11. The van der Waals surface area contributed by atoms with Crippen LogP contribution in [0.25, 0.3) is 0 Å². The quantitative estimate of drug-likeness (QED) is 0.653. The van der Waals surface area contributed by atoms with Gasteiger partial charge in [0.15, 0.2) is 0 Å². The van der Waals surface area contributed by atoms with Crippen LogP contribution in [-0.2, 0) is 0 Å². The second kappa shape index (κ2) is 4.54. The van der Waals surface area contributed by atoms with Crippen molar-refractivity contribution in [2.45, 2.75) is 6.92 Å². The molecule has 0 atom stereocenters. The van der Waals surface area contributed by atoms with Gasteiger partial charge in [0, 0.05) is 5.56 Å². The third kappa shape index (κ3) is 2.50. The second-order valence-corrected chi connectivity index (χ2v) is 2.69. The summed E-state index contributed by atoms with van der Waals surface area (Å²) in [5.74, 6) is 6.66. The zero-order valence-electron chi connectivity index (χ0n) is 7.92. The summed E-state index contributed by atoms with van der Waals surface area (Å²) in [7, 11) is 1.66. The highest BCUT2D eigenvalue weighted by molar-refractivity contribution is 5.43. The molecule has 2 nitrogen and oxygen atoms in total. The minimum absolute atomic E-state index is 0.394. The first-order valence-corrected chi connectivity index (χ1v) is 4.11. The van der Waals surface area contributed by atoms with Crippen LogP contribution in [0.15, 0.2) is 18.2 Å². The molecule has 1 rings (SSSR count). The molecular formula is C11H13NO. The molecule has 2 heteroatoms. The summed E-state index contributed by atoms with van der Waals surface area (Å²) < 4.78 is 5.13. The number of rotatable bonds is 1. The lowest BCUT2D eigenvalue weighted by molar-refractivity contribution is 0.411. The van der Waals surface area contributed by atoms with Gasteiger partial charge in [-0.2, -0.15) is 0 Å². The van der Waals surface area contributed by atoms with Gasteiger partial charge in [-0.1, -0.05) is 11.8 Å². The molecule has 0 unspecified atom stereocenters. The second-order valence-electron chi connectivity index (χ2n) is 2.69. The van der Waals surface area contributed by atoms with Crippen LogP contribution in [0.1, 0.15) is 11.1 Å². The molecule has 0 aromatic heterocycles. The Morgan fingerprint density at radius 3 is 2.77 bits per heavy atom. The van der Waals surface area contributed by atoms with Crippen molar-refractivity contribution < 1.29 is 4.74 Å². The van der Waals surface area contributed by atoms with Gasteiger partial charge in [0.05, 0.1) is 13.7 Å². The normalized spacial score (nSPS) is 8.85. The maximum atomic E-state index is 5.27. The van der Waals surface area contributed by atoms with Crippen molar-refractivity contribution in [1.29, 1.82) is 0 Å². The molecule has 1 aromatic carbocycles. The van der Waals surface area contributed by atoms with Crippen molar-refractivity contribution in [3.8, 4) is 17.6 Å². The summed E-state index contributed by atoms with van der Waals surface area (Å²) in [6.07, 6.45) is 0. The average molecular weight is 175 g/mol. The van der Waals surface area contributed by atoms with Gasteiger partial charge < -0.3 is 10.5 Å². The van der Waals surface area contributed by atoms with E-state index in [4.69, 9.17) is 10.5 Å². The van der Waals surface area contributed by atoms with Crippen molar-refractivity contribution in [3.05, 3.63) is 29.3 Å². The van der Waals surface area contributed by atoms with Gasteiger partial charge in [0.1, 0.15) is 5.75 Å². The third-order valence-corrected chi connectivity index (χ3v) is 1.73. The van der Waals surface area contributed by atoms with E-state index in [0.717, 1.165) is 16.9 Å². The lowest BCUT2D eigenvalue weighted by Crippen LogP contribution is -1.93. The lowest BCUT2D eigenvalue weighted by atomic mass is 10.1. The molecule has 0 fully saturated rings. The van der Waals surface area contributed by atoms with E-state index >= 15 is 0 Å². The summed E-state index contributed by atoms with van der Waals surface area (Å²) >= 11 is 0. The van der Waals surface area contributed by atoms with Crippen molar-refractivity contribution in [2.75, 3.05) is 13.7 Å². The SMILES string of the molecule is COc1ccc(C#CCN)cc1C. The highest BCUT2D eigenvalue weighted by atomic mass is 16.5. The molecule has 0 saturated carbocycles. The van der Waals surface area contributed by atoms with Crippen LogP contribution in [0.4, 0.5) is 0 Å². The Morgan fingerprint density at radius 2 is 2.23 bits per heavy atom. The molecule has 0 amide bonds. The minimum Gasteiger partial charge on any atom is -0.496 e. The lowest BCUT2D eigenvalue weighted by Gasteiger charge is -2.03. The Hall–Kier alpha value is -1.46. The Balaban J connectivity index is 2.96. The van der Waals surface area contributed by atoms with E-state index in [-0.39, 0.29) is 0 Å². The maximum Gasteiger partial charge on any atom is 0.121 e. The summed E-state index contributed by atoms with van der Waals surface area (Å²) in [6.45, 7) is 2.39. The molecule has 0 saturated heterocycles. The van der Waals surface area contributed by atoms with E-state index in [1.54, 1.807) is 7.11 Å². The first kappa shape index (κ1) is 9.63. The summed E-state index contributed by atoms with van der Waals surface area (Å²) in [5, 5.41) is 0. The van der Waals surface area contributed by atoms with Crippen molar-refractivity contribution in [3.63, 3.8) is 0 Å². The molecule has 0 spiro atoms. The smallest absolute Gasteiger partial charge is 0.121 e. The van der Waals surface area contributed by atoms with Crippen LogP contribution in [0.3, 0.4) is 0 Å². The monoisotopic (exact) mass is 175 g/mol. The van der Waals surface area contributed by atoms with Gasteiger partial charge in [-0.25, -0.2) is 0 Å². The van der Waals surface area contributed by atoms with Gasteiger partial charge in [-0.3, -0.25) is 0 Å². The van der Waals surface area contributed by atoms with Gasteiger partial charge in [0.25, 0.3) is 0 Å². The van der Waals surface area contributed by atoms with E-state index in [1.807, 2.05) is 25.1 Å². The Bertz CT molecular complexity index is 347. The maximum absolute atomic E-state index is 5.27. The number of methoxy groups -OCH3 is 1. The molecule has 0 radical (unpaired) electrons. The molecular weight excluding hydrogens is 162 g/mol. The number of ether oxygens (including phenoxy) is 1. The predicted octanol–water partition coefficient (Wildman–Crippen LogP) is 1.31. The van der Waals surface area contributed by atoms with Crippen LogP contribution >= 0.6 is 0 Å². The molecule has 1 aromatic rings. The van der Waals surface area contributed by atoms with Gasteiger partial charge in [-0.15, -0.1) is 0 Å². The molecule has 0 aliphatic rings. The highest BCUT2D eigenvalue weighted by Crippen LogP contribution is 2.17. The minimum atomic E-state index is 0.394. The largest absolute Gasteiger partial charge is 0.496 e. The van der Waals surface area contributed by atoms with Crippen LogP contribution < -0.4 is 10.5 Å². The van der Waals surface area contributed by atoms with E-state index in [2.05, 4.69) is 11.8 Å². The van der Waals surface area contributed by atoms with Crippen molar-refractivity contribution >= 4 is 0 Å². The fraction of sp³-hybridized carbons (Fsp3) is 0.273. The molecule has 0 bridgehead atoms. The average Bonchev–Trinajstić information content (AvgIpc) is 2.15. The number of benzene rings is 1. The fourth-order valence-corrected chi connectivity index (χ4v) is 1.11. The number of hydrogen-bond donors (Lipinski definition) is 1. The first-order chi connectivity index (χ1) is 6.27. The molecule has 0 aliphatic carbocycles. The standard InChI is InChI=1S/C11H13NO/c1-9-8-10(4-3-7-12)5-6-11(9)13-2/h5-6,8H,7,12H2,1-2H3. The van der Waals surface area contributed by atoms with Gasteiger partial charge >= 0.3 is 0 Å². The topological polar surface area (TPSA) is 35.2 Å². The zero-order chi connectivity index (χ0) is 9.68. The number of nitrogens with two attached hydrogens (primary N) is 1. The third-order valence-electron chi connectivity index (χ3n) is 1.73. The molecule has 2 N–H and O–H groups in total. The van der Waals surface area contributed by atoms with Crippen LogP contribution in [0.2, 0.25) is 0 Å². The molecule has 0 aliphatic heterocycles. The number of hydrogen-bond acceptors (Lipinski definition) is 2. The zero-order valence-corrected chi connectivity index (χ0v) is 7.92.